The van der Waals surface area contributed by atoms with Crippen molar-refractivity contribution >= 4 is 0 Å². The Morgan fingerprint density at radius 1 is 1.22 bits per heavy atom. The molecular weight excluding hydrogens is 220 g/mol. The third-order valence-electron chi connectivity index (χ3n) is 4.65. The lowest BCUT2D eigenvalue weighted by molar-refractivity contribution is 0.191. The van der Waals surface area contributed by atoms with E-state index in [0.717, 1.165) is 24.4 Å². The Balaban J connectivity index is 2.31. The minimum absolute atomic E-state index is 0.406. The summed E-state index contributed by atoms with van der Waals surface area (Å²) in [5, 5.41) is 0. The molecule has 108 valence electrons. The Bertz CT molecular complexity index is 232. The second kappa shape index (κ2) is 6.91. The van der Waals surface area contributed by atoms with Crippen LogP contribution in [0.15, 0.2) is 0 Å². The third kappa shape index (κ3) is 4.89. The molecule has 3 atom stereocenters. The van der Waals surface area contributed by atoms with E-state index in [1.165, 1.54) is 38.8 Å². The molecule has 18 heavy (non-hydrogen) atoms. The van der Waals surface area contributed by atoms with Gasteiger partial charge in [-0.15, -0.1) is 0 Å². The van der Waals surface area contributed by atoms with Crippen molar-refractivity contribution in [3.63, 3.8) is 0 Å². The average Bonchev–Trinajstić information content (AvgIpc) is 2.55. The highest BCUT2D eigenvalue weighted by Crippen LogP contribution is 2.32. The van der Waals surface area contributed by atoms with E-state index in [4.69, 9.17) is 5.73 Å². The first-order chi connectivity index (χ1) is 8.34. The number of rotatable bonds is 6. The molecule has 3 unspecified atom stereocenters. The van der Waals surface area contributed by atoms with Crippen molar-refractivity contribution in [1.82, 2.24) is 4.90 Å². The molecule has 0 aliphatic carbocycles. The van der Waals surface area contributed by atoms with E-state index in [2.05, 4.69) is 39.5 Å². The third-order valence-corrected chi connectivity index (χ3v) is 4.65. The van der Waals surface area contributed by atoms with Gasteiger partial charge in [0.25, 0.3) is 0 Å². The summed E-state index contributed by atoms with van der Waals surface area (Å²) in [6.07, 6.45) is 5.22. The van der Waals surface area contributed by atoms with Crippen LogP contribution in [0.3, 0.4) is 0 Å². The predicted molar refractivity (Wildman–Crippen MR) is 80.7 cm³/mol. The maximum absolute atomic E-state index is 5.75. The van der Waals surface area contributed by atoms with Crippen LogP contribution in [0.4, 0.5) is 0 Å². The number of nitrogens with zero attached hydrogens (tertiary/aromatic N) is 1. The van der Waals surface area contributed by atoms with Crippen molar-refractivity contribution in [2.75, 3.05) is 19.6 Å². The summed E-state index contributed by atoms with van der Waals surface area (Å²) in [5.41, 5.74) is 6.16. The van der Waals surface area contributed by atoms with Crippen LogP contribution in [-0.2, 0) is 0 Å². The minimum Gasteiger partial charge on any atom is -0.330 e. The van der Waals surface area contributed by atoms with Crippen molar-refractivity contribution < 1.29 is 0 Å². The van der Waals surface area contributed by atoms with Gasteiger partial charge in [-0.05, 0) is 62.9 Å². The fraction of sp³-hybridized carbons (Fsp3) is 1.00. The molecule has 1 rings (SSSR count). The molecule has 0 aromatic rings. The van der Waals surface area contributed by atoms with E-state index in [1.54, 1.807) is 0 Å². The van der Waals surface area contributed by atoms with E-state index in [0.29, 0.717) is 5.41 Å². The van der Waals surface area contributed by atoms with Crippen molar-refractivity contribution in [2.24, 2.45) is 23.0 Å². The molecule has 1 saturated heterocycles. The maximum Gasteiger partial charge on any atom is 0.00700 e. The highest BCUT2D eigenvalue weighted by Gasteiger charge is 2.27. The standard InChI is InChI=1S/C16H34N2/c1-13-11-14(2)18(12-13)10-6-7-15(8-9-17)16(3,4)5/h13-15H,6-12,17H2,1-5H3. The van der Waals surface area contributed by atoms with Gasteiger partial charge >= 0.3 is 0 Å². The van der Waals surface area contributed by atoms with Crippen molar-refractivity contribution in [2.45, 2.75) is 66.3 Å². The largest absolute Gasteiger partial charge is 0.330 e. The zero-order valence-corrected chi connectivity index (χ0v) is 13.2. The molecule has 2 nitrogen and oxygen atoms in total. The minimum atomic E-state index is 0.406. The second-order valence-electron chi connectivity index (χ2n) is 7.47. The number of hydrogen-bond acceptors (Lipinski definition) is 2. The molecule has 2 heteroatoms. The molecule has 0 radical (unpaired) electrons. The smallest absolute Gasteiger partial charge is 0.00700 e. The van der Waals surface area contributed by atoms with Gasteiger partial charge in [-0.2, -0.15) is 0 Å². The van der Waals surface area contributed by atoms with Crippen LogP contribution in [0.1, 0.15) is 60.3 Å². The summed E-state index contributed by atoms with van der Waals surface area (Å²) < 4.78 is 0. The maximum atomic E-state index is 5.75. The second-order valence-corrected chi connectivity index (χ2v) is 7.47. The van der Waals surface area contributed by atoms with Gasteiger partial charge in [0, 0.05) is 12.6 Å². The van der Waals surface area contributed by atoms with Gasteiger partial charge in [-0.25, -0.2) is 0 Å². The van der Waals surface area contributed by atoms with Gasteiger partial charge in [-0.1, -0.05) is 27.7 Å². The summed E-state index contributed by atoms with van der Waals surface area (Å²) in [7, 11) is 0. The van der Waals surface area contributed by atoms with Crippen LogP contribution < -0.4 is 5.73 Å². The molecule has 0 aromatic carbocycles. The fourth-order valence-corrected chi connectivity index (χ4v) is 3.45. The van der Waals surface area contributed by atoms with E-state index in [1.807, 2.05) is 0 Å². The van der Waals surface area contributed by atoms with Gasteiger partial charge in [-0.3, -0.25) is 0 Å². The van der Waals surface area contributed by atoms with Crippen molar-refractivity contribution in [3.05, 3.63) is 0 Å². The lowest BCUT2D eigenvalue weighted by Crippen LogP contribution is -2.30. The molecule has 0 amide bonds. The van der Waals surface area contributed by atoms with Gasteiger partial charge < -0.3 is 10.6 Å². The van der Waals surface area contributed by atoms with Crippen LogP contribution in [0.2, 0.25) is 0 Å². The SMILES string of the molecule is CC1CC(C)N(CCCC(CCN)C(C)(C)C)C1. The first-order valence-electron chi connectivity index (χ1n) is 7.78. The average molecular weight is 254 g/mol. The van der Waals surface area contributed by atoms with E-state index in [9.17, 15) is 0 Å². The zero-order valence-electron chi connectivity index (χ0n) is 13.2. The molecule has 0 aromatic heterocycles. The van der Waals surface area contributed by atoms with E-state index in [-0.39, 0.29) is 0 Å². The lowest BCUT2D eigenvalue weighted by Gasteiger charge is -2.31. The highest BCUT2D eigenvalue weighted by molar-refractivity contribution is 4.81. The number of nitrogens with two attached hydrogens (primary N) is 1. The molecule has 0 bridgehead atoms. The van der Waals surface area contributed by atoms with Crippen LogP contribution >= 0.6 is 0 Å². The Labute approximate surface area is 114 Å². The molecule has 1 aliphatic heterocycles. The van der Waals surface area contributed by atoms with Crippen LogP contribution in [-0.4, -0.2) is 30.6 Å². The quantitative estimate of drug-likeness (QED) is 0.786. The zero-order chi connectivity index (χ0) is 13.8. The van der Waals surface area contributed by atoms with E-state index >= 15 is 0 Å². The molecule has 1 heterocycles. The number of likely N-dealkylation sites (tertiary alicyclic amines) is 1. The van der Waals surface area contributed by atoms with Gasteiger partial charge in [0.1, 0.15) is 0 Å². The predicted octanol–water partition coefficient (Wildman–Crippen LogP) is 3.51. The summed E-state index contributed by atoms with van der Waals surface area (Å²) in [4.78, 5) is 2.67. The van der Waals surface area contributed by atoms with Crippen LogP contribution in [0, 0.1) is 17.3 Å². The normalized spacial score (nSPS) is 27.7. The number of hydrogen-bond donors (Lipinski definition) is 1. The van der Waals surface area contributed by atoms with Gasteiger partial charge in [0.15, 0.2) is 0 Å². The Morgan fingerprint density at radius 2 is 1.89 bits per heavy atom. The Morgan fingerprint density at radius 3 is 2.33 bits per heavy atom. The first kappa shape index (κ1) is 16.0. The molecular formula is C16H34N2. The summed E-state index contributed by atoms with van der Waals surface area (Å²) >= 11 is 0. The summed E-state index contributed by atoms with van der Waals surface area (Å²) in [6.45, 7) is 15.2. The Hall–Kier alpha value is -0.0800. The topological polar surface area (TPSA) is 29.3 Å². The van der Waals surface area contributed by atoms with Crippen LogP contribution in [0.5, 0.6) is 0 Å². The molecule has 1 fully saturated rings. The van der Waals surface area contributed by atoms with Crippen molar-refractivity contribution in [1.29, 1.82) is 0 Å². The van der Waals surface area contributed by atoms with Gasteiger partial charge in [0.05, 0.1) is 0 Å². The molecule has 0 saturated carbocycles. The monoisotopic (exact) mass is 254 g/mol. The summed E-state index contributed by atoms with van der Waals surface area (Å²) in [5.74, 6) is 1.67. The Kier molecular flexibility index (Phi) is 6.13. The molecule has 1 aliphatic rings. The molecule has 0 spiro atoms. The fourth-order valence-electron chi connectivity index (χ4n) is 3.45. The van der Waals surface area contributed by atoms with Crippen molar-refractivity contribution in [3.8, 4) is 0 Å². The molecule has 2 N–H and O–H groups in total. The first-order valence-corrected chi connectivity index (χ1v) is 7.78. The van der Waals surface area contributed by atoms with Crippen LogP contribution in [0.25, 0.3) is 0 Å². The van der Waals surface area contributed by atoms with Gasteiger partial charge in [0.2, 0.25) is 0 Å². The lowest BCUT2D eigenvalue weighted by atomic mass is 9.76. The van der Waals surface area contributed by atoms with E-state index < -0.39 is 0 Å². The highest BCUT2D eigenvalue weighted by atomic mass is 15.2. The summed E-state index contributed by atoms with van der Waals surface area (Å²) in [6, 6.07) is 0.794.